The molecular formula is C17H15BrFN5O2. The summed E-state index contributed by atoms with van der Waals surface area (Å²) in [5.41, 5.74) is 1.49. The molecule has 0 saturated carbocycles. The highest BCUT2D eigenvalue weighted by molar-refractivity contribution is 9.10. The number of hydrogen-bond acceptors (Lipinski definition) is 6. The first-order chi connectivity index (χ1) is 12.5. The van der Waals surface area contributed by atoms with Gasteiger partial charge in [0.05, 0.1) is 16.1 Å². The summed E-state index contributed by atoms with van der Waals surface area (Å²) in [5, 5.41) is 15.6. The standard InChI is InChI=1S/C17H15BrFN5O2/c1-20-7-13(9-2-3-12(19)11(18)6-9)24-16-15-14(22-8-23-16)10(17(25)26)4-5-21-15/h2-6,8,13,20H,7H2,1H3,(H,25,26)(H,22,23,24). The highest BCUT2D eigenvalue weighted by atomic mass is 79.9. The highest BCUT2D eigenvalue weighted by Crippen LogP contribution is 2.26. The van der Waals surface area contributed by atoms with E-state index in [0.29, 0.717) is 22.4 Å². The maximum atomic E-state index is 13.5. The largest absolute Gasteiger partial charge is 0.478 e. The molecule has 7 nitrogen and oxygen atoms in total. The van der Waals surface area contributed by atoms with E-state index in [4.69, 9.17) is 0 Å². The van der Waals surface area contributed by atoms with Crippen LogP contribution < -0.4 is 10.6 Å². The minimum absolute atomic E-state index is 0.0511. The molecule has 0 amide bonds. The van der Waals surface area contributed by atoms with Crippen molar-refractivity contribution in [1.29, 1.82) is 0 Å². The molecule has 0 spiro atoms. The molecule has 0 fully saturated rings. The van der Waals surface area contributed by atoms with Crippen molar-refractivity contribution >= 4 is 38.8 Å². The number of aromatic nitrogens is 3. The van der Waals surface area contributed by atoms with Crippen LogP contribution in [0.15, 0.2) is 41.3 Å². The molecule has 2 aromatic heterocycles. The second-order valence-corrected chi connectivity index (χ2v) is 6.37. The van der Waals surface area contributed by atoms with E-state index >= 15 is 0 Å². The summed E-state index contributed by atoms with van der Waals surface area (Å²) in [5.74, 6) is -1.03. The minimum atomic E-state index is -1.09. The number of carboxylic acids is 1. The topological polar surface area (TPSA) is 100 Å². The minimum Gasteiger partial charge on any atom is -0.478 e. The van der Waals surface area contributed by atoms with Crippen LogP contribution in [0, 0.1) is 5.82 Å². The molecule has 26 heavy (non-hydrogen) atoms. The van der Waals surface area contributed by atoms with Crippen LogP contribution in [0.5, 0.6) is 0 Å². The predicted octanol–water partition coefficient (Wildman–Crippen LogP) is 3.00. The molecule has 0 aliphatic rings. The lowest BCUT2D eigenvalue weighted by molar-refractivity contribution is 0.0698. The van der Waals surface area contributed by atoms with Crippen molar-refractivity contribution in [3.05, 3.63) is 58.2 Å². The maximum absolute atomic E-state index is 13.5. The first-order valence-corrected chi connectivity index (χ1v) is 8.49. The lowest BCUT2D eigenvalue weighted by Crippen LogP contribution is -2.24. The lowest BCUT2D eigenvalue weighted by Gasteiger charge is -2.20. The van der Waals surface area contributed by atoms with Crippen molar-refractivity contribution in [3.8, 4) is 0 Å². The fourth-order valence-electron chi connectivity index (χ4n) is 2.59. The summed E-state index contributed by atoms with van der Waals surface area (Å²) < 4.78 is 13.9. The van der Waals surface area contributed by atoms with Crippen molar-refractivity contribution in [2.24, 2.45) is 0 Å². The van der Waals surface area contributed by atoms with Crippen molar-refractivity contribution in [1.82, 2.24) is 20.3 Å². The molecule has 9 heteroatoms. The molecule has 0 saturated heterocycles. The van der Waals surface area contributed by atoms with Gasteiger partial charge in [-0.3, -0.25) is 4.98 Å². The molecule has 0 radical (unpaired) electrons. The van der Waals surface area contributed by atoms with E-state index in [0.717, 1.165) is 5.56 Å². The number of nitrogens with zero attached hydrogens (tertiary/aromatic N) is 3. The van der Waals surface area contributed by atoms with E-state index in [2.05, 4.69) is 41.5 Å². The average Bonchev–Trinajstić information content (AvgIpc) is 2.63. The van der Waals surface area contributed by atoms with Crippen molar-refractivity contribution in [3.63, 3.8) is 0 Å². The van der Waals surface area contributed by atoms with Gasteiger partial charge in [-0.25, -0.2) is 19.2 Å². The summed E-state index contributed by atoms with van der Waals surface area (Å²) in [6.07, 6.45) is 2.69. The van der Waals surface area contributed by atoms with Crippen LogP contribution in [-0.4, -0.2) is 39.6 Å². The zero-order valence-corrected chi connectivity index (χ0v) is 15.3. The molecule has 1 atom stereocenters. The quantitative estimate of drug-likeness (QED) is 0.564. The fraction of sp³-hybridized carbons (Fsp3) is 0.176. The van der Waals surface area contributed by atoms with E-state index in [-0.39, 0.29) is 22.9 Å². The van der Waals surface area contributed by atoms with E-state index < -0.39 is 5.97 Å². The average molecular weight is 420 g/mol. The lowest BCUT2D eigenvalue weighted by atomic mass is 10.1. The molecule has 0 bridgehead atoms. The Bertz CT molecular complexity index is 969. The second-order valence-electron chi connectivity index (χ2n) is 5.51. The summed E-state index contributed by atoms with van der Waals surface area (Å²) >= 11 is 3.19. The van der Waals surface area contributed by atoms with Gasteiger partial charge < -0.3 is 15.7 Å². The van der Waals surface area contributed by atoms with Gasteiger partial charge in [0, 0.05) is 12.7 Å². The van der Waals surface area contributed by atoms with Gasteiger partial charge in [-0.1, -0.05) is 6.07 Å². The van der Waals surface area contributed by atoms with Gasteiger partial charge >= 0.3 is 5.97 Å². The molecule has 3 rings (SSSR count). The number of benzene rings is 1. The molecule has 0 aliphatic heterocycles. The van der Waals surface area contributed by atoms with Gasteiger partial charge in [-0.05, 0) is 46.7 Å². The van der Waals surface area contributed by atoms with Crippen LogP contribution in [0.4, 0.5) is 10.2 Å². The molecule has 134 valence electrons. The molecule has 3 N–H and O–H groups in total. The fourth-order valence-corrected chi connectivity index (χ4v) is 2.99. The Morgan fingerprint density at radius 1 is 1.27 bits per heavy atom. The van der Waals surface area contributed by atoms with Crippen LogP contribution in [0.3, 0.4) is 0 Å². The van der Waals surface area contributed by atoms with E-state index in [9.17, 15) is 14.3 Å². The number of fused-ring (bicyclic) bond motifs is 1. The zero-order chi connectivity index (χ0) is 18.7. The molecule has 3 aromatic rings. The number of aromatic carboxylic acids is 1. The molecule has 0 aliphatic carbocycles. The summed E-state index contributed by atoms with van der Waals surface area (Å²) in [6, 6.07) is 5.88. The van der Waals surface area contributed by atoms with Crippen molar-refractivity contribution < 1.29 is 14.3 Å². The Balaban J connectivity index is 2.03. The molecule has 1 unspecified atom stereocenters. The third kappa shape index (κ3) is 3.63. The van der Waals surface area contributed by atoms with Crippen LogP contribution >= 0.6 is 15.9 Å². The number of carboxylic acid groups (broad SMARTS) is 1. The monoisotopic (exact) mass is 419 g/mol. The smallest absolute Gasteiger partial charge is 0.338 e. The van der Waals surface area contributed by atoms with Gasteiger partial charge in [-0.15, -0.1) is 0 Å². The number of carbonyl (C=O) groups is 1. The van der Waals surface area contributed by atoms with Crippen LogP contribution in [0.1, 0.15) is 22.0 Å². The Morgan fingerprint density at radius 3 is 2.77 bits per heavy atom. The summed E-state index contributed by atoms with van der Waals surface area (Å²) in [7, 11) is 1.80. The van der Waals surface area contributed by atoms with E-state index in [1.165, 1.54) is 24.7 Å². The first-order valence-electron chi connectivity index (χ1n) is 7.70. The van der Waals surface area contributed by atoms with Crippen LogP contribution in [-0.2, 0) is 0 Å². The number of nitrogens with one attached hydrogen (secondary N) is 2. The van der Waals surface area contributed by atoms with Gasteiger partial charge in [0.1, 0.15) is 23.2 Å². The molecule has 1 aromatic carbocycles. The first kappa shape index (κ1) is 18.2. The Kier molecular flexibility index (Phi) is 5.38. The Hall–Kier alpha value is -2.65. The number of halogens is 2. The van der Waals surface area contributed by atoms with Crippen LogP contribution in [0.25, 0.3) is 11.0 Å². The zero-order valence-electron chi connectivity index (χ0n) is 13.7. The SMILES string of the molecule is CNCC(Nc1ncnc2c(C(=O)O)ccnc12)c1ccc(F)c(Br)c1. The van der Waals surface area contributed by atoms with Gasteiger partial charge in [0.15, 0.2) is 5.82 Å². The van der Waals surface area contributed by atoms with Crippen molar-refractivity contribution in [2.45, 2.75) is 6.04 Å². The van der Waals surface area contributed by atoms with Gasteiger partial charge in [-0.2, -0.15) is 0 Å². The van der Waals surface area contributed by atoms with Crippen LogP contribution in [0.2, 0.25) is 0 Å². The van der Waals surface area contributed by atoms with Crippen molar-refractivity contribution in [2.75, 3.05) is 18.9 Å². The number of anilines is 1. The summed E-state index contributed by atoms with van der Waals surface area (Å²) in [4.78, 5) is 23.9. The Labute approximate surface area is 156 Å². The number of likely N-dealkylation sites (N-methyl/N-ethyl adjacent to an activating group) is 1. The third-order valence-electron chi connectivity index (χ3n) is 3.82. The van der Waals surface area contributed by atoms with E-state index in [1.807, 2.05) is 0 Å². The predicted molar refractivity (Wildman–Crippen MR) is 98.7 cm³/mol. The maximum Gasteiger partial charge on any atom is 0.338 e. The number of rotatable bonds is 6. The third-order valence-corrected chi connectivity index (χ3v) is 4.43. The molecule has 2 heterocycles. The van der Waals surface area contributed by atoms with Gasteiger partial charge in [0.25, 0.3) is 0 Å². The number of pyridine rings is 1. The Morgan fingerprint density at radius 2 is 2.08 bits per heavy atom. The van der Waals surface area contributed by atoms with Gasteiger partial charge in [0.2, 0.25) is 0 Å². The highest BCUT2D eigenvalue weighted by Gasteiger charge is 2.18. The van der Waals surface area contributed by atoms with E-state index in [1.54, 1.807) is 19.2 Å². The number of hydrogen-bond donors (Lipinski definition) is 3. The summed E-state index contributed by atoms with van der Waals surface area (Å²) in [6.45, 7) is 0.530. The molecular weight excluding hydrogens is 405 g/mol. The normalized spacial score (nSPS) is 12.1. The second kappa shape index (κ2) is 7.71.